The van der Waals surface area contributed by atoms with Gasteiger partial charge in [-0.15, -0.1) is 0 Å². The van der Waals surface area contributed by atoms with E-state index in [4.69, 9.17) is 0 Å². The lowest BCUT2D eigenvalue weighted by atomic mass is 9.45. The van der Waals surface area contributed by atoms with Crippen molar-refractivity contribution in [2.75, 3.05) is 0 Å². The Hall–Kier alpha value is -0.110. The topological polar surface area (TPSA) is 20.2 Å². The quantitative estimate of drug-likeness (QED) is 0.685. The molecule has 4 aliphatic carbocycles. The fourth-order valence-electron chi connectivity index (χ4n) is 7.18. The zero-order chi connectivity index (χ0) is 14.8. The van der Waals surface area contributed by atoms with Crippen LogP contribution in [0.3, 0.4) is 0 Å². The van der Waals surface area contributed by atoms with Gasteiger partial charge in [0.2, 0.25) is 0 Å². The highest BCUT2D eigenvalue weighted by molar-refractivity contribution is 5.09. The Morgan fingerprint density at radius 2 is 1.57 bits per heavy atom. The summed E-state index contributed by atoms with van der Waals surface area (Å²) in [5.41, 5.74) is 0.571. The first kappa shape index (κ1) is 14.5. The van der Waals surface area contributed by atoms with Crippen molar-refractivity contribution in [2.24, 2.45) is 34.5 Å². The second-order valence-electron chi connectivity index (χ2n) is 9.17. The van der Waals surface area contributed by atoms with Crippen molar-refractivity contribution in [1.29, 1.82) is 0 Å². The number of fused-ring (bicyclic) bond motifs is 5. The molecule has 4 aliphatic rings. The molecule has 120 valence electrons. The van der Waals surface area contributed by atoms with Crippen LogP contribution in [-0.2, 0) is 0 Å². The zero-order valence-electron chi connectivity index (χ0n) is 13.7. The number of hydrogen-bond donors (Lipinski definition) is 1. The van der Waals surface area contributed by atoms with Crippen molar-refractivity contribution in [3.8, 4) is 0 Å². The third kappa shape index (κ3) is 1.90. The van der Waals surface area contributed by atoms with Gasteiger partial charge in [0.15, 0.2) is 0 Å². The van der Waals surface area contributed by atoms with Crippen LogP contribution in [0.25, 0.3) is 0 Å². The van der Waals surface area contributed by atoms with Crippen LogP contribution in [-0.4, -0.2) is 17.4 Å². The summed E-state index contributed by atoms with van der Waals surface area (Å²) in [6.45, 7) is 4.83. The van der Waals surface area contributed by atoms with Crippen molar-refractivity contribution in [3.63, 3.8) is 0 Å². The molecule has 0 spiro atoms. The minimum Gasteiger partial charge on any atom is -0.393 e. The van der Waals surface area contributed by atoms with Crippen LogP contribution in [0, 0.1) is 34.5 Å². The maximum Gasteiger partial charge on any atom is 0.100 e. The van der Waals surface area contributed by atoms with Gasteiger partial charge in [-0.1, -0.05) is 13.8 Å². The highest BCUT2D eigenvalue weighted by Crippen LogP contribution is 2.66. The molecule has 0 aliphatic heterocycles. The van der Waals surface area contributed by atoms with Crippen molar-refractivity contribution in [3.05, 3.63) is 0 Å². The molecular formula is C19H31FO. The Balaban J connectivity index is 1.62. The zero-order valence-corrected chi connectivity index (χ0v) is 13.7. The third-order valence-corrected chi connectivity index (χ3v) is 8.55. The SMILES string of the molecule is C[C@]12CC[C@@H](F)C[C@@H]1CC[C@@H]1[C@@H]2CC[C@]2(C)[C@@H](O)CC[C@@H]12. The van der Waals surface area contributed by atoms with E-state index in [1.807, 2.05) is 0 Å². The molecule has 0 bridgehead atoms. The third-order valence-electron chi connectivity index (χ3n) is 8.55. The predicted octanol–water partition coefficient (Wildman–Crippen LogP) is 4.73. The second-order valence-corrected chi connectivity index (χ2v) is 9.17. The normalized spacial score (nSPS) is 60.0. The van der Waals surface area contributed by atoms with E-state index in [1.165, 1.54) is 32.1 Å². The van der Waals surface area contributed by atoms with Gasteiger partial charge in [0, 0.05) is 0 Å². The molecule has 4 fully saturated rings. The average Bonchev–Trinajstić information content (AvgIpc) is 2.76. The van der Waals surface area contributed by atoms with Crippen molar-refractivity contribution in [2.45, 2.75) is 83.9 Å². The lowest BCUT2D eigenvalue weighted by molar-refractivity contribution is -0.128. The molecular weight excluding hydrogens is 263 g/mol. The average molecular weight is 294 g/mol. The van der Waals surface area contributed by atoms with Crippen molar-refractivity contribution in [1.82, 2.24) is 0 Å². The van der Waals surface area contributed by atoms with E-state index in [0.717, 1.165) is 43.4 Å². The molecule has 1 N–H and O–H groups in total. The molecule has 0 amide bonds. The minimum atomic E-state index is -0.540. The summed E-state index contributed by atoms with van der Waals surface area (Å²) in [6, 6.07) is 0. The van der Waals surface area contributed by atoms with Crippen LogP contribution in [0.4, 0.5) is 4.39 Å². The van der Waals surface area contributed by atoms with Crippen LogP contribution < -0.4 is 0 Å². The summed E-state index contributed by atoms with van der Waals surface area (Å²) in [4.78, 5) is 0. The Kier molecular flexibility index (Phi) is 3.24. The minimum absolute atomic E-state index is 0.0736. The fourth-order valence-corrected chi connectivity index (χ4v) is 7.18. The molecule has 4 rings (SSSR count). The molecule has 2 heteroatoms. The standard InChI is InChI=1S/C19H31FO/c1-18-9-7-13(20)11-12(18)3-4-14-15-5-6-17(21)19(15,2)10-8-16(14)18/h12-17,21H,3-11H2,1-2H3/t12-,13+,14-,15-,16-,17-,18-,19-/m0/s1. The molecule has 0 aromatic heterocycles. The smallest absolute Gasteiger partial charge is 0.100 e. The van der Waals surface area contributed by atoms with Crippen LogP contribution in [0.1, 0.15) is 71.6 Å². The predicted molar refractivity (Wildman–Crippen MR) is 82.6 cm³/mol. The van der Waals surface area contributed by atoms with Crippen molar-refractivity contribution < 1.29 is 9.50 Å². The summed E-state index contributed by atoms with van der Waals surface area (Å²) in [6.07, 6.45) is 9.35. The molecule has 0 saturated heterocycles. The van der Waals surface area contributed by atoms with Gasteiger partial charge in [-0.2, -0.15) is 0 Å². The van der Waals surface area contributed by atoms with Crippen LogP contribution >= 0.6 is 0 Å². The van der Waals surface area contributed by atoms with Crippen LogP contribution in [0.2, 0.25) is 0 Å². The summed E-state index contributed by atoms with van der Waals surface area (Å²) in [5, 5.41) is 10.5. The maximum atomic E-state index is 13.8. The van der Waals surface area contributed by atoms with Gasteiger partial charge in [-0.3, -0.25) is 0 Å². The van der Waals surface area contributed by atoms with E-state index in [9.17, 15) is 9.50 Å². The lowest BCUT2D eigenvalue weighted by Crippen LogP contribution is -2.54. The van der Waals surface area contributed by atoms with Gasteiger partial charge >= 0.3 is 0 Å². The first-order valence-electron chi connectivity index (χ1n) is 9.27. The van der Waals surface area contributed by atoms with E-state index in [1.54, 1.807) is 0 Å². The fraction of sp³-hybridized carbons (Fsp3) is 1.00. The van der Waals surface area contributed by atoms with Crippen LogP contribution in [0.5, 0.6) is 0 Å². The molecule has 21 heavy (non-hydrogen) atoms. The largest absolute Gasteiger partial charge is 0.393 e. The van der Waals surface area contributed by atoms with Gasteiger partial charge in [-0.25, -0.2) is 4.39 Å². The molecule has 0 aromatic rings. The number of aliphatic hydroxyl groups is 1. The van der Waals surface area contributed by atoms with Crippen molar-refractivity contribution >= 4 is 0 Å². The number of rotatable bonds is 0. The molecule has 0 unspecified atom stereocenters. The van der Waals surface area contributed by atoms with Gasteiger partial charge < -0.3 is 5.11 Å². The molecule has 4 saturated carbocycles. The van der Waals surface area contributed by atoms with Gasteiger partial charge in [0.25, 0.3) is 0 Å². The molecule has 0 heterocycles. The van der Waals surface area contributed by atoms with E-state index >= 15 is 0 Å². The van der Waals surface area contributed by atoms with E-state index in [-0.39, 0.29) is 11.5 Å². The summed E-state index contributed by atoms with van der Waals surface area (Å²) in [5.74, 6) is 2.95. The first-order chi connectivity index (χ1) is 9.95. The molecule has 0 aromatic carbocycles. The summed E-state index contributed by atoms with van der Waals surface area (Å²) < 4.78 is 13.8. The van der Waals surface area contributed by atoms with Crippen LogP contribution in [0.15, 0.2) is 0 Å². The van der Waals surface area contributed by atoms with E-state index in [2.05, 4.69) is 13.8 Å². The van der Waals surface area contributed by atoms with Gasteiger partial charge in [-0.05, 0) is 92.3 Å². The maximum absolute atomic E-state index is 13.8. The molecule has 1 nitrogen and oxygen atoms in total. The number of alkyl halides is 1. The summed E-state index contributed by atoms with van der Waals surface area (Å²) in [7, 11) is 0. The Labute approximate surface area is 128 Å². The number of aliphatic hydroxyl groups excluding tert-OH is 1. The first-order valence-corrected chi connectivity index (χ1v) is 9.27. The number of halogens is 1. The van der Waals surface area contributed by atoms with Gasteiger partial charge in [0.1, 0.15) is 6.17 Å². The lowest BCUT2D eigenvalue weighted by Gasteiger charge is -2.60. The Morgan fingerprint density at radius 1 is 0.857 bits per heavy atom. The van der Waals surface area contributed by atoms with Gasteiger partial charge in [0.05, 0.1) is 6.10 Å². The summed E-state index contributed by atoms with van der Waals surface area (Å²) >= 11 is 0. The second kappa shape index (κ2) is 4.69. The monoisotopic (exact) mass is 294 g/mol. The van der Waals surface area contributed by atoms with E-state index in [0.29, 0.717) is 11.3 Å². The Bertz CT molecular complexity index is 424. The molecule has 8 atom stereocenters. The highest BCUT2D eigenvalue weighted by Gasteiger charge is 2.60. The molecule has 0 radical (unpaired) electrons. The van der Waals surface area contributed by atoms with E-state index < -0.39 is 6.17 Å². The Morgan fingerprint density at radius 3 is 2.38 bits per heavy atom. The number of hydrogen-bond acceptors (Lipinski definition) is 1. The highest BCUT2D eigenvalue weighted by atomic mass is 19.1.